The van der Waals surface area contributed by atoms with Crippen molar-refractivity contribution in [1.29, 1.82) is 0 Å². The van der Waals surface area contributed by atoms with Gasteiger partial charge in [-0.05, 0) is 52.5 Å². The van der Waals surface area contributed by atoms with E-state index in [4.69, 9.17) is 4.74 Å². The minimum absolute atomic E-state index is 0.312. The molecule has 0 aliphatic heterocycles. The van der Waals surface area contributed by atoms with E-state index in [0.717, 1.165) is 16.7 Å². The molecule has 0 bridgehead atoms. The molecule has 2 heterocycles. The smallest absolute Gasteiger partial charge is 0.330 e. The summed E-state index contributed by atoms with van der Waals surface area (Å²) in [6.45, 7) is 2.98. The number of thiophene rings is 1. The number of nitrogens with zero attached hydrogens (tertiary/aromatic N) is 1. The first-order valence-corrected chi connectivity index (χ1v) is 7.60. The number of carbonyl (C=O) groups excluding carboxylic acids is 1. The topological polar surface area (TPSA) is 31.2 Å². The Morgan fingerprint density at radius 1 is 1.53 bits per heavy atom. The van der Waals surface area contributed by atoms with E-state index in [1.165, 1.54) is 11.0 Å². The largest absolute Gasteiger partial charge is 0.463 e. The molecular formula is C14H14BrNO2S. The molecule has 0 fully saturated rings. The summed E-state index contributed by atoms with van der Waals surface area (Å²) in [5, 5.41) is 2.05. The maximum atomic E-state index is 11.3. The molecule has 0 amide bonds. The lowest BCUT2D eigenvalue weighted by Gasteiger charge is -2.05. The van der Waals surface area contributed by atoms with Gasteiger partial charge in [0.15, 0.2) is 0 Å². The number of rotatable bonds is 5. The fourth-order valence-corrected chi connectivity index (χ4v) is 3.13. The third-order valence-corrected chi connectivity index (χ3v) is 4.46. The Labute approximate surface area is 124 Å². The SMILES string of the molecule is CCOC(=O)/C=C/c1cccn1Cc1sccc1Br. The summed E-state index contributed by atoms with van der Waals surface area (Å²) in [7, 11) is 0. The Balaban J connectivity index is 2.10. The second-order valence-corrected chi connectivity index (χ2v) is 5.69. The molecule has 0 saturated heterocycles. The van der Waals surface area contributed by atoms with Crippen molar-refractivity contribution in [3.63, 3.8) is 0 Å². The van der Waals surface area contributed by atoms with E-state index in [9.17, 15) is 4.79 Å². The Morgan fingerprint density at radius 2 is 2.37 bits per heavy atom. The van der Waals surface area contributed by atoms with E-state index in [0.29, 0.717) is 6.61 Å². The van der Waals surface area contributed by atoms with Crippen molar-refractivity contribution < 1.29 is 9.53 Å². The molecule has 3 nitrogen and oxygen atoms in total. The van der Waals surface area contributed by atoms with Crippen LogP contribution in [0.15, 0.2) is 40.3 Å². The third kappa shape index (κ3) is 3.81. The van der Waals surface area contributed by atoms with Gasteiger partial charge in [0.25, 0.3) is 0 Å². The summed E-state index contributed by atoms with van der Waals surface area (Å²) >= 11 is 5.23. The van der Waals surface area contributed by atoms with Gasteiger partial charge in [0.05, 0.1) is 13.2 Å². The molecule has 0 spiro atoms. The molecule has 19 heavy (non-hydrogen) atoms. The molecule has 0 radical (unpaired) electrons. The summed E-state index contributed by atoms with van der Waals surface area (Å²) in [5.41, 5.74) is 0.980. The number of aromatic nitrogens is 1. The predicted octanol–water partition coefficient (Wildman–Crippen LogP) is 3.94. The normalized spacial score (nSPS) is 11.1. The number of hydrogen-bond donors (Lipinski definition) is 0. The highest BCUT2D eigenvalue weighted by molar-refractivity contribution is 9.10. The van der Waals surface area contributed by atoms with Gasteiger partial charge in [-0.2, -0.15) is 0 Å². The zero-order chi connectivity index (χ0) is 13.7. The van der Waals surface area contributed by atoms with Crippen LogP contribution in [0.5, 0.6) is 0 Å². The van der Waals surface area contributed by atoms with E-state index >= 15 is 0 Å². The standard InChI is InChI=1S/C14H14BrNO2S/c1-2-18-14(17)6-5-11-4-3-8-16(11)10-13-12(15)7-9-19-13/h3-9H,2,10H2,1H3/b6-5+. The van der Waals surface area contributed by atoms with Crippen LogP contribution in [0.1, 0.15) is 17.5 Å². The maximum Gasteiger partial charge on any atom is 0.330 e. The minimum atomic E-state index is -0.312. The zero-order valence-electron chi connectivity index (χ0n) is 10.5. The van der Waals surface area contributed by atoms with Crippen LogP contribution in [-0.2, 0) is 16.1 Å². The minimum Gasteiger partial charge on any atom is -0.463 e. The number of carbonyl (C=O) groups is 1. The van der Waals surface area contributed by atoms with Crippen molar-refractivity contribution in [3.8, 4) is 0 Å². The van der Waals surface area contributed by atoms with Gasteiger partial charge in [0.2, 0.25) is 0 Å². The van der Waals surface area contributed by atoms with Crippen molar-refractivity contribution in [2.45, 2.75) is 13.5 Å². The number of hydrogen-bond acceptors (Lipinski definition) is 3. The van der Waals surface area contributed by atoms with E-state index in [2.05, 4.69) is 25.9 Å². The van der Waals surface area contributed by atoms with E-state index in [1.807, 2.05) is 24.4 Å². The van der Waals surface area contributed by atoms with Crippen LogP contribution in [-0.4, -0.2) is 17.1 Å². The van der Waals surface area contributed by atoms with Gasteiger partial charge in [-0.1, -0.05) is 0 Å². The average molecular weight is 340 g/mol. The van der Waals surface area contributed by atoms with Crippen LogP contribution in [0, 0.1) is 0 Å². The fraction of sp³-hybridized carbons (Fsp3) is 0.214. The lowest BCUT2D eigenvalue weighted by Crippen LogP contribution is -2.01. The first kappa shape index (κ1) is 14.1. The van der Waals surface area contributed by atoms with Crippen LogP contribution >= 0.6 is 27.3 Å². The zero-order valence-corrected chi connectivity index (χ0v) is 12.9. The summed E-state index contributed by atoms with van der Waals surface area (Å²) in [6, 6.07) is 5.97. The highest BCUT2D eigenvalue weighted by Gasteiger charge is 2.04. The molecule has 0 aromatic carbocycles. The lowest BCUT2D eigenvalue weighted by atomic mass is 10.3. The van der Waals surface area contributed by atoms with E-state index in [-0.39, 0.29) is 5.97 Å². The van der Waals surface area contributed by atoms with Gasteiger partial charge in [0, 0.05) is 27.3 Å². The van der Waals surface area contributed by atoms with Crippen LogP contribution in [0.2, 0.25) is 0 Å². The molecule has 0 atom stereocenters. The number of halogens is 1. The van der Waals surface area contributed by atoms with Crippen molar-refractivity contribution >= 4 is 39.3 Å². The van der Waals surface area contributed by atoms with Crippen molar-refractivity contribution in [2.24, 2.45) is 0 Å². The van der Waals surface area contributed by atoms with Crippen LogP contribution < -0.4 is 0 Å². The maximum absolute atomic E-state index is 11.3. The Bertz CT molecular complexity index is 586. The Hall–Kier alpha value is -1.33. The first-order valence-electron chi connectivity index (χ1n) is 5.92. The van der Waals surface area contributed by atoms with Crippen LogP contribution in [0.25, 0.3) is 6.08 Å². The number of ether oxygens (including phenoxy) is 1. The van der Waals surface area contributed by atoms with Crippen molar-refractivity contribution in [3.05, 3.63) is 50.9 Å². The van der Waals surface area contributed by atoms with Gasteiger partial charge in [-0.15, -0.1) is 11.3 Å². The third-order valence-electron chi connectivity index (χ3n) is 2.55. The molecule has 2 aromatic heterocycles. The molecule has 0 unspecified atom stereocenters. The average Bonchev–Trinajstić information content (AvgIpc) is 2.98. The molecule has 5 heteroatoms. The van der Waals surface area contributed by atoms with Gasteiger partial charge in [-0.3, -0.25) is 0 Å². The van der Waals surface area contributed by atoms with E-state index in [1.54, 1.807) is 24.3 Å². The Morgan fingerprint density at radius 3 is 3.05 bits per heavy atom. The van der Waals surface area contributed by atoms with Crippen molar-refractivity contribution in [1.82, 2.24) is 4.57 Å². The van der Waals surface area contributed by atoms with Gasteiger partial charge in [-0.25, -0.2) is 4.79 Å². The molecule has 2 rings (SSSR count). The summed E-state index contributed by atoms with van der Waals surface area (Å²) in [4.78, 5) is 12.5. The quantitative estimate of drug-likeness (QED) is 0.610. The molecule has 100 valence electrons. The van der Waals surface area contributed by atoms with Crippen LogP contribution in [0.4, 0.5) is 0 Å². The van der Waals surface area contributed by atoms with Crippen LogP contribution in [0.3, 0.4) is 0 Å². The highest BCUT2D eigenvalue weighted by Crippen LogP contribution is 2.24. The predicted molar refractivity (Wildman–Crippen MR) is 81.2 cm³/mol. The highest BCUT2D eigenvalue weighted by atomic mass is 79.9. The monoisotopic (exact) mass is 339 g/mol. The van der Waals surface area contributed by atoms with Crippen molar-refractivity contribution in [2.75, 3.05) is 6.61 Å². The molecule has 0 aliphatic carbocycles. The summed E-state index contributed by atoms with van der Waals surface area (Å²) in [5.74, 6) is -0.312. The van der Waals surface area contributed by atoms with Gasteiger partial charge < -0.3 is 9.30 Å². The molecule has 0 N–H and O–H groups in total. The fourth-order valence-electron chi connectivity index (χ4n) is 1.66. The number of esters is 1. The summed E-state index contributed by atoms with van der Waals surface area (Å²) < 4.78 is 8.07. The lowest BCUT2D eigenvalue weighted by molar-refractivity contribution is -0.137. The van der Waals surface area contributed by atoms with Gasteiger partial charge >= 0.3 is 5.97 Å². The first-order chi connectivity index (χ1) is 9.20. The molecule has 0 aliphatic rings. The second kappa shape index (κ2) is 6.73. The Kier molecular flexibility index (Phi) is 4.99. The molecule has 2 aromatic rings. The second-order valence-electron chi connectivity index (χ2n) is 3.84. The molecular weight excluding hydrogens is 326 g/mol. The van der Waals surface area contributed by atoms with Gasteiger partial charge in [0.1, 0.15) is 0 Å². The van der Waals surface area contributed by atoms with E-state index < -0.39 is 0 Å². The molecule has 0 saturated carbocycles. The summed E-state index contributed by atoms with van der Waals surface area (Å²) in [6.07, 6.45) is 5.23.